The molecule has 0 unspecified atom stereocenters. The molecule has 0 amide bonds. The van der Waals surface area contributed by atoms with Crippen LogP contribution in [-0.2, 0) is 17.1 Å². The molecular weight excluding hydrogens is 128 g/mol. The van der Waals surface area contributed by atoms with Crippen LogP contribution in [0.25, 0.3) is 0 Å². The third-order valence-corrected chi connectivity index (χ3v) is 0.806. The monoisotopic (exact) mass is 135 g/mol. The molecule has 1 aliphatic carbocycles. The van der Waals surface area contributed by atoms with Crippen molar-refractivity contribution in [3.63, 3.8) is 0 Å². The normalized spacial score (nSPS) is 16.0. The Balaban J connectivity index is 0.000000360. The molecule has 0 heterocycles. The zero-order chi connectivity index (χ0) is 4.24. The Morgan fingerprint density at radius 3 is 2.43 bits per heavy atom. The molecule has 0 saturated heterocycles. The Morgan fingerprint density at radius 2 is 2.29 bits per heavy atom. The summed E-state index contributed by atoms with van der Waals surface area (Å²) in [7, 11) is 0. The molecule has 0 aliphatic heterocycles. The van der Waals surface area contributed by atoms with Crippen LogP contribution in [0, 0.1) is 6.08 Å². The first-order valence-electron chi connectivity index (χ1n) is 2.22. The zero-order valence-corrected chi connectivity index (χ0v) is 5.10. The van der Waals surface area contributed by atoms with Crippen molar-refractivity contribution in [2.24, 2.45) is 0 Å². The number of hydrogen-bond acceptors (Lipinski definition) is 0. The molecule has 1 rings (SSSR count). The second-order valence-corrected chi connectivity index (χ2v) is 1.34. The fourth-order valence-corrected chi connectivity index (χ4v) is 0.482. The topological polar surface area (TPSA) is 0 Å². The largest absolute Gasteiger partial charge is 0.275 e. The molecule has 0 aromatic carbocycles. The molecule has 0 bridgehead atoms. The SMILES string of the molecule is [C-]1=CC=CCC1.[Fe]. The van der Waals surface area contributed by atoms with Gasteiger partial charge in [-0.2, -0.15) is 6.08 Å². The van der Waals surface area contributed by atoms with Crippen LogP contribution in [-0.4, -0.2) is 0 Å². The average Bonchev–Trinajstić information content (AvgIpc) is 1.72. The molecule has 0 spiro atoms. The van der Waals surface area contributed by atoms with Crippen LogP contribution in [0.15, 0.2) is 18.2 Å². The summed E-state index contributed by atoms with van der Waals surface area (Å²) in [4.78, 5) is 0. The van der Waals surface area contributed by atoms with E-state index < -0.39 is 0 Å². The molecule has 0 fully saturated rings. The molecule has 40 valence electrons. The van der Waals surface area contributed by atoms with Gasteiger partial charge in [-0.1, -0.05) is 6.42 Å². The number of hydrogen-bond donors (Lipinski definition) is 0. The van der Waals surface area contributed by atoms with Crippen molar-refractivity contribution in [1.29, 1.82) is 0 Å². The first-order valence-corrected chi connectivity index (χ1v) is 2.22. The fraction of sp³-hybridized carbons (Fsp3) is 0.333. The summed E-state index contributed by atoms with van der Waals surface area (Å²) in [6.45, 7) is 0. The Labute approximate surface area is 54.8 Å². The van der Waals surface area contributed by atoms with E-state index in [9.17, 15) is 0 Å². The van der Waals surface area contributed by atoms with Crippen molar-refractivity contribution < 1.29 is 17.1 Å². The molecule has 7 heavy (non-hydrogen) atoms. The minimum absolute atomic E-state index is 0. The summed E-state index contributed by atoms with van der Waals surface area (Å²) in [5, 5.41) is 0. The maximum absolute atomic E-state index is 3.07. The molecule has 0 aromatic heterocycles. The predicted molar refractivity (Wildman–Crippen MR) is 26.2 cm³/mol. The van der Waals surface area contributed by atoms with E-state index in [1.54, 1.807) is 0 Å². The van der Waals surface area contributed by atoms with Crippen molar-refractivity contribution in [2.75, 3.05) is 0 Å². The molecule has 0 nitrogen and oxygen atoms in total. The third kappa shape index (κ3) is 2.67. The molecule has 0 N–H and O–H groups in total. The van der Waals surface area contributed by atoms with Gasteiger partial charge >= 0.3 is 0 Å². The maximum Gasteiger partial charge on any atom is 0 e. The van der Waals surface area contributed by atoms with Gasteiger partial charge < -0.3 is 0 Å². The van der Waals surface area contributed by atoms with Gasteiger partial charge in [0.15, 0.2) is 0 Å². The summed E-state index contributed by atoms with van der Waals surface area (Å²) in [5.41, 5.74) is 0. The van der Waals surface area contributed by atoms with Crippen molar-refractivity contribution >= 4 is 0 Å². The Hall–Kier alpha value is -0.000519. The second-order valence-electron chi connectivity index (χ2n) is 1.34. The summed E-state index contributed by atoms with van der Waals surface area (Å²) in [6, 6.07) is 0. The van der Waals surface area contributed by atoms with Gasteiger partial charge in [-0.25, -0.2) is 12.2 Å². The van der Waals surface area contributed by atoms with Crippen molar-refractivity contribution in [1.82, 2.24) is 0 Å². The smallest absolute Gasteiger partial charge is 0 e. The van der Waals surface area contributed by atoms with Gasteiger partial charge in [-0.05, 0) is 0 Å². The molecule has 0 aromatic rings. The van der Waals surface area contributed by atoms with Gasteiger partial charge in [-0.15, -0.1) is 6.42 Å². The van der Waals surface area contributed by atoms with E-state index in [1.165, 1.54) is 6.42 Å². The van der Waals surface area contributed by atoms with Crippen LogP contribution in [0.5, 0.6) is 0 Å². The summed E-state index contributed by atoms with van der Waals surface area (Å²) in [6.07, 6.45) is 11.5. The van der Waals surface area contributed by atoms with Crippen molar-refractivity contribution in [3.05, 3.63) is 24.3 Å². The van der Waals surface area contributed by atoms with Crippen molar-refractivity contribution in [3.8, 4) is 0 Å². The van der Waals surface area contributed by atoms with Gasteiger partial charge in [0, 0.05) is 17.1 Å². The molecule has 0 saturated carbocycles. The summed E-state index contributed by atoms with van der Waals surface area (Å²) >= 11 is 0. The average molecular weight is 135 g/mol. The Kier molecular flexibility index (Phi) is 4.17. The van der Waals surface area contributed by atoms with Crippen LogP contribution >= 0.6 is 0 Å². The third-order valence-electron chi connectivity index (χ3n) is 0.806. The standard InChI is InChI=1S/C6H7.Fe/c1-2-4-6-5-3-1;/h1-3H,4,6H2;/q-1;. The van der Waals surface area contributed by atoms with E-state index in [2.05, 4.69) is 12.2 Å². The Morgan fingerprint density at radius 1 is 1.43 bits per heavy atom. The quantitative estimate of drug-likeness (QED) is 0.350. The molecule has 1 heteroatoms. The van der Waals surface area contributed by atoms with E-state index in [0.717, 1.165) is 6.42 Å². The van der Waals surface area contributed by atoms with Crippen LogP contribution in [0.1, 0.15) is 12.8 Å². The molecule has 0 atom stereocenters. The van der Waals surface area contributed by atoms with Crippen LogP contribution in [0.4, 0.5) is 0 Å². The zero-order valence-electron chi connectivity index (χ0n) is 4.00. The predicted octanol–water partition coefficient (Wildman–Crippen LogP) is 1.69. The fourth-order valence-electron chi connectivity index (χ4n) is 0.482. The second kappa shape index (κ2) is 4.17. The minimum atomic E-state index is 0. The van der Waals surface area contributed by atoms with E-state index >= 15 is 0 Å². The van der Waals surface area contributed by atoms with Crippen LogP contribution < -0.4 is 0 Å². The minimum Gasteiger partial charge on any atom is -0.275 e. The van der Waals surface area contributed by atoms with E-state index in [-0.39, 0.29) is 17.1 Å². The molecular formula is C6H7Fe-. The van der Waals surface area contributed by atoms with Gasteiger partial charge in [0.05, 0.1) is 0 Å². The maximum atomic E-state index is 3.07. The van der Waals surface area contributed by atoms with Crippen LogP contribution in [0.2, 0.25) is 0 Å². The summed E-state index contributed by atoms with van der Waals surface area (Å²) < 4.78 is 0. The number of allylic oxidation sites excluding steroid dienone is 4. The number of rotatable bonds is 0. The van der Waals surface area contributed by atoms with Gasteiger partial charge in [0.2, 0.25) is 0 Å². The van der Waals surface area contributed by atoms with Gasteiger partial charge in [-0.3, -0.25) is 6.08 Å². The van der Waals surface area contributed by atoms with E-state index in [4.69, 9.17) is 0 Å². The first-order chi connectivity index (χ1) is 3.00. The summed E-state index contributed by atoms with van der Waals surface area (Å²) in [5.74, 6) is 0. The Bertz CT molecular complexity index is 70.2. The van der Waals surface area contributed by atoms with Gasteiger partial charge in [0.1, 0.15) is 0 Å². The first kappa shape index (κ1) is 7.00. The van der Waals surface area contributed by atoms with Crippen molar-refractivity contribution in [2.45, 2.75) is 12.8 Å². The van der Waals surface area contributed by atoms with Crippen LogP contribution in [0.3, 0.4) is 0 Å². The van der Waals surface area contributed by atoms with E-state index in [1.807, 2.05) is 12.2 Å². The molecule has 1 aliphatic rings. The van der Waals surface area contributed by atoms with Gasteiger partial charge in [0.25, 0.3) is 0 Å². The van der Waals surface area contributed by atoms with E-state index in [0.29, 0.717) is 0 Å². The molecule has 0 radical (unpaired) electrons.